The van der Waals surface area contributed by atoms with Gasteiger partial charge in [-0.25, -0.2) is 9.67 Å². The van der Waals surface area contributed by atoms with E-state index in [0.29, 0.717) is 37.7 Å². The fourth-order valence-corrected chi connectivity index (χ4v) is 3.21. The summed E-state index contributed by atoms with van der Waals surface area (Å²) in [5.74, 6) is -0.600. The van der Waals surface area contributed by atoms with Crippen LogP contribution in [0.5, 0.6) is 0 Å². The van der Waals surface area contributed by atoms with Crippen LogP contribution >= 0.6 is 0 Å². The number of H-pyrrole nitrogens is 1. The number of hydrogen-bond acceptors (Lipinski definition) is 5. The molecule has 8 nitrogen and oxygen atoms in total. The van der Waals surface area contributed by atoms with Crippen LogP contribution in [-0.4, -0.2) is 56.7 Å². The SMILES string of the molecule is Cc1nc(N2CCN(C(=O)c3cccc(-n4cccn4)c3)CC2)[nH]c(=O)c1F. The minimum Gasteiger partial charge on any atom is -0.339 e. The van der Waals surface area contributed by atoms with Crippen LogP contribution in [0.1, 0.15) is 16.1 Å². The second kappa shape index (κ2) is 7.26. The second-order valence-electron chi connectivity index (χ2n) is 6.57. The molecule has 144 valence electrons. The maximum atomic E-state index is 13.5. The quantitative estimate of drug-likeness (QED) is 0.739. The molecule has 1 aromatic carbocycles. The molecule has 0 radical (unpaired) electrons. The maximum absolute atomic E-state index is 13.5. The number of nitrogens with one attached hydrogen (secondary N) is 1. The van der Waals surface area contributed by atoms with Crippen molar-refractivity contribution in [2.45, 2.75) is 6.92 Å². The van der Waals surface area contributed by atoms with E-state index < -0.39 is 11.4 Å². The molecule has 2 aromatic heterocycles. The number of rotatable bonds is 3. The number of nitrogens with zero attached hydrogens (tertiary/aromatic N) is 5. The van der Waals surface area contributed by atoms with Gasteiger partial charge in [0.05, 0.1) is 11.4 Å². The zero-order chi connectivity index (χ0) is 19.7. The van der Waals surface area contributed by atoms with Gasteiger partial charge in [-0.05, 0) is 31.2 Å². The first-order valence-electron chi connectivity index (χ1n) is 8.93. The predicted octanol–water partition coefficient (Wildman–Crippen LogP) is 1.37. The van der Waals surface area contributed by atoms with Gasteiger partial charge in [-0.1, -0.05) is 6.07 Å². The van der Waals surface area contributed by atoms with Crippen molar-refractivity contribution in [3.8, 4) is 5.69 Å². The van der Waals surface area contributed by atoms with Crippen molar-refractivity contribution in [1.29, 1.82) is 0 Å². The molecule has 3 heterocycles. The van der Waals surface area contributed by atoms with Crippen molar-refractivity contribution in [2.75, 3.05) is 31.1 Å². The minimum absolute atomic E-state index is 0.0627. The number of hydrogen-bond donors (Lipinski definition) is 1. The molecule has 0 saturated carbocycles. The number of aromatic amines is 1. The number of anilines is 1. The molecule has 1 fully saturated rings. The van der Waals surface area contributed by atoms with E-state index in [9.17, 15) is 14.0 Å². The highest BCUT2D eigenvalue weighted by Gasteiger charge is 2.24. The minimum atomic E-state index is -0.866. The average Bonchev–Trinajstić information content (AvgIpc) is 3.26. The number of carbonyl (C=O) groups excluding carboxylic acids is 1. The summed E-state index contributed by atoms with van der Waals surface area (Å²) in [7, 11) is 0. The number of aryl methyl sites for hydroxylation is 1. The molecule has 28 heavy (non-hydrogen) atoms. The average molecular weight is 382 g/mol. The Labute approximate surface area is 160 Å². The van der Waals surface area contributed by atoms with E-state index in [1.807, 2.05) is 35.4 Å². The Hall–Kier alpha value is -3.49. The lowest BCUT2D eigenvalue weighted by Gasteiger charge is -2.35. The normalized spacial score (nSPS) is 14.4. The molecule has 3 aromatic rings. The van der Waals surface area contributed by atoms with Crippen molar-refractivity contribution in [3.63, 3.8) is 0 Å². The molecular formula is C19H19FN6O2. The highest BCUT2D eigenvalue weighted by Crippen LogP contribution is 2.15. The number of benzene rings is 1. The van der Waals surface area contributed by atoms with Crippen LogP contribution < -0.4 is 10.5 Å². The molecule has 1 aliphatic rings. The van der Waals surface area contributed by atoms with E-state index in [2.05, 4.69) is 15.1 Å². The van der Waals surface area contributed by atoms with Gasteiger partial charge in [-0.2, -0.15) is 9.49 Å². The molecule has 1 N–H and O–H groups in total. The van der Waals surface area contributed by atoms with Crippen LogP contribution in [0.2, 0.25) is 0 Å². The third kappa shape index (κ3) is 3.38. The van der Waals surface area contributed by atoms with E-state index >= 15 is 0 Å². The Morgan fingerprint density at radius 3 is 2.64 bits per heavy atom. The van der Waals surface area contributed by atoms with E-state index in [0.717, 1.165) is 5.69 Å². The molecule has 9 heteroatoms. The smallest absolute Gasteiger partial charge is 0.288 e. The molecule has 1 amide bonds. The molecule has 0 spiro atoms. The highest BCUT2D eigenvalue weighted by atomic mass is 19.1. The largest absolute Gasteiger partial charge is 0.339 e. The van der Waals surface area contributed by atoms with Crippen molar-refractivity contribution in [2.24, 2.45) is 0 Å². The fraction of sp³-hybridized carbons (Fsp3) is 0.263. The third-order valence-corrected chi connectivity index (χ3v) is 4.74. The first-order valence-corrected chi connectivity index (χ1v) is 8.93. The molecule has 0 unspecified atom stereocenters. The van der Waals surface area contributed by atoms with Gasteiger partial charge in [0.1, 0.15) is 0 Å². The van der Waals surface area contributed by atoms with Crippen molar-refractivity contribution in [1.82, 2.24) is 24.6 Å². The Morgan fingerprint density at radius 1 is 1.18 bits per heavy atom. The molecule has 1 aliphatic heterocycles. The van der Waals surface area contributed by atoms with Crippen molar-refractivity contribution >= 4 is 11.9 Å². The van der Waals surface area contributed by atoms with Crippen LogP contribution in [0.25, 0.3) is 5.69 Å². The summed E-state index contributed by atoms with van der Waals surface area (Å²) >= 11 is 0. The number of piperazine rings is 1. The summed E-state index contributed by atoms with van der Waals surface area (Å²) in [6.07, 6.45) is 3.50. The standard InChI is InChI=1S/C19H19FN6O2/c1-13-16(20)17(27)23-19(22-13)25-10-8-24(9-11-25)18(28)14-4-2-5-15(12-14)26-7-3-6-21-26/h2-7,12H,8-11H2,1H3,(H,22,23,27). The lowest BCUT2D eigenvalue weighted by molar-refractivity contribution is 0.0746. The molecule has 1 saturated heterocycles. The molecule has 0 bridgehead atoms. The zero-order valence-electron chi connectivity index (χ0n) is 15.3. The molecular weight excluding hydrogens is 363 g/mol. The molecule has 4 rings (SSSR count). The Kier molecular flexibility index (Phi) is 4.64. The van der Waals surface area contributed by atoms with Crippen LogP contribution in [0.3, 0.4) is 0 Å². The first-order chi connectivity index (χ1) is 13.5. The summed E-state index contributed by atoms with van der Waals surface area (Å²) in [6, 6.07) is 9.13. The Morgan fingerprint density at radius 2 is 1.96 bits per heavy atom. The van der Waals surface area contributed by atoms with Crippen LogP contribution in [0.4, 0.5) is 10.3 Å². The zero-order valence-corrected chi connectivity index (χ0v) is 15.3. The lowest BCUT2D eigenvalue weighted by Crippen LogP contribution is -2.49. The number of amides is 1. The summed E-state index contributed by atoms with van der Waals surface area (Å²) in [5, 5.41) is 4.19. The van der Waals surface area contributed by atoms with Gasteiger partial charge in [0.25, 0.3) is 11.5 Å². The van der Waals surface area contributed by atoms with E-state index in [4.69, 9.17) is 0 Å². The molecule has 0 atom stereocenters. The third-order valence-electron chi connectivity index (χ3n) is 4.74. The van der Waals surface area contributed by atoms with Crippen LogP contribution in [0, 0.1) is 12.7 Å². The van der Waals surface area contributed by atoms with Gasteiger partial charge >= 0.3 is 0 Å². The topological polar surface area (TPSA) is 87.1 Å². The van der Waals surface area contributed by atoms with Gasteiger partial charge in [0.2, 0.25) is 11.8 Å². The van der Waals surface area contributed by atoms with Gasteiger partial charge < -0.3 is 9.80 Å². The van der Waals surface area contributed by atoms with Gasteiger partial charge in [-0.3, -0.25) is 14.6 Å². The first kappa shape index (κ1) is 17.9. The monoisotopic (exact) mass is 382 g/mol. The summed E-state index contributed by atoms with van der Waals surface area (Å²) in [6.45, 7) is 3.41. The van der Waals surface area contributed by atoms with Gasteiger partial charge in [0.15, 0.2) is 0 Å². The number of halogens is 1. The maximum Gasteiger partial charge on any atom is 0.288 e. The van der Waals surface area contributed by atoms with Crippen LogP contribution in [0.15, 0.2) is 47.5 Å². The van der Waals surface area contributed by atoms with Crippen molar-refractivity contribution in [3.05, 3.63) is 70.2 Å². The fourth-order valence-electron chi connectivity index (χ4n) is 3.21. The highest BCUT2D eigenvalue weighted by molar-refractivity contribution is 5.95. The van der Waals surface area contributed by atoms with Crippen LogP contribution in [-0.2, 0) is 0 Å². The Bertz CT molecular complexity index is 1050. The van der Waals surface area contributed by atoms with E-state index in [1.54, 1.807) is 21.8 Å². The second-order valence-corrected chi connectivity index (χ2v) is 6.57. The lowest BCUT2D eigenvalue weighted by atomic mass is 10.1. The van der Waals surface area contributed by atoms with Gasteiger partial charge in [0, 0.05) is 44.1 Å². The Balaban J connectivity index is 1.46. The van der Waals surface area contributed by atoms with E-state index in [-0.39, 0.29) is 11.6 Å². The van der Waals surface area contributed by atoms with Gasteiger partial charge in [-0.15, -0.1) is 0 Å². The van der Waals surface area contributed by atoms with Crippen molar-refractivity contribution < 1.29 is 9.18 Å². The predicted molar refractivity (Wildman–Crippen MR) is 101 cm³/mol. The summed E-state index contributed by atoms with van der Waals surface area (Å²) in [5.41, 5.74) is 0.688. The summed E-state index contributed by atoms with van der Waals surface area (Å²) < 4.78 is 15.2. The van der Waals surface area contributed by atoms with E-state index in [1.165, 1.54) is 6.92 Å². The summed E-state index contributed by atoms with van der Waals surface area (Å²) in [4.78, 5) is 34.7. The number of aromatic nitrogens is 4. The number of carbonyl (C=O) groups is 1. The molecule has 0 aliphatic carbocycles.